The number of ether oxygens (including phenoxy) is 1. The summed E-state index contributed by atoms with van der Waals surface area (Å²) < 4.78 is 10.1. The molecule has 0 aliphatic rings. The second-order valence-corrected chi connectivity index (χ2v) is 3.75. The Bertz CT molecular complexity index is 177. The van der Waals surface area contributed by atoms with Crippen molar-refractivity contribution >= 4 is 7.32 Å². The minimum absolute atomic E-state index is 0.682. The monoisotopic (exact) mass is 188 g/mol. The molecule has 76 valence electrons. The van der Waals surface area contributed by atoms with E-state index in [2.05, 4.69) is 6.58 Å². The van der Waals surface area contributed by atoms with E-state index in [1.807, 2.05) is 0 Å². The number of hydrogen-bond donors (Lipinski definition) is 2. The summed E-state index contributed by atoms with van der Waals surface area (Å²) in [7, 11) is -1.80. The molecule has 0 saturated carbocycles. The lowest BCUT2D eigenvalue weighted by molar-refractivity contribution is -0.114. The summed E-state index contributed by atoms with van der Waals surface area (Å²) in [4.78, 5) is 0. The van der Waals surface area contributed by atoms with Crippen molar-refractivity contribution in [1.29, 1.82) is 0 Å². The second kappa shape index (κ2) is 4.13. The molecule has 5 heteroatoms. The fourth-order valence-electron chi connectivity index (χ4n) is 0.756. The van der Waals surface area contributed by atoms with Crippen LogP contribution >= 0.6 is 0 Å². The minimum atomic E-state index is -1.80. The van der Waals surface area contributed by atoms with Crippen LogP contribution < -0.4 is 0 Å². The first-order valence-corrected chi connectivity index (χ1v) is 4.05. The van der Waals surface area contributed by atoms with E-state index in [0.29, 0.717) is 0 Å². The molecule has 0 fully saturated rings. The van der Waals surface area contributed by atoms with Gasteiger partial charge in [-0.15, -0.1) is 0 Å². The number of rotatable bonds is 5. The fraction of sp³-hybridized carbons (Fsp3) is 0.750. The van der Waals surface area contributed by atoms with Crippen molar-refractivity contribution in [3.63, 3.8) is 0 Å². The summed E-state index contributed by atoms with van der Waals surface area (Å²) >= 11 is 0. The molecule has 0 rings (SSSR count). The molecule has 0 radical (unpaired) electrons. The second-order valence-electron chi connectivity index (χ2n) is 3.75. The molecule has 0 aliphatic heterocycles. The van der Waals surface area contributed by atoms with Crippen molar-refractivity contribution < 1.29 is 19.4 Å². The van der Waals surface area contributed by atoms with E-state index in [1.165, 1.54) is 6.26 Å². The molecular weight excluding hydrogens is 171 g/mol. The van der Waals surface area contributed by atoms with Gasteiger partial charge < -0.3 is 19.4 Å². The maximum atomic E-state index is 8.67. The molecule has 0 aliphatic carbocycles. The average Bonchev–Trinajstić information content (AvgIpc) is 1.82. The summed E-state index contributed by atoms with van der Waals surface area (Å²) in [6.45, 7) is 10.4. The highest BCUT2D eigenvalue weighted by Crippen LogP contribution is 2.29. The van der Waals surface area contributed by atoms with Crippen LogP contribution in [0.4, 0.5) is 0 Å². The molecule has 0 aromatic carbocycles. The van der Waals surface area contributed by atoms with Crippen LogP contribution in [-0.2, 0) is 9.39 Å². The third-order valence-electron chi connectivity index (χ3n) is 2.23. The predicted molar refractivity (Wildman–Crippen MR) is 50.7 cm³/mol. The van der Waals surface area contributed by atoms with Crippen molar-refractivity contribution in [2.75, 3.05) is 0 Å². The zero-order chi connectivity index (χ0) is 10.7. The van der Waals surface area contributed by atoms with E-state index in [9.17, 15) is 0 Å². The molecule has 0 amide bonds. The first kappa shape index (κ1) is 12.5. The van der Waals surface area contributed by atoms with E-state index < -0.39 is 18.5 Å². The van der Waals surface area contributed by atoms with Gasteiger partial charge in [-0.1, -0.05) is 6.58 Å². The van der Waals surface area contributed by atoms with Crippen LogP contribution in [0.3, 0.4) is 0 Å². The molecule has 0 heterocycles. The average molecular weight is 188 g/mol. The summed E-state index contributed by atoms with van der Waals surface area (Å²) in [5, 5.41) is 17.3. The quantitative estimate of drug-likeness (QED) is 0.492. The van der Waals surface area contributed by atoms with Crippen LogP contribution in [0.5, 0.6) is 0 Å². The Balaban J connectivity index is 4.48. The van der Waals surface area contributed by atoms with E-state index >= 15 is 0 Å². The van der Waals surface area contributed by atoms with Crippen molar-refractivity contribution in [1.82, 2.24) is 0 Å². The summed E-state index contributed by atoms with van der Waals surface area (Å²) in [6, 6.07) is 0. The Labute approximate surface area is 79.3 Å². The van der Waals surface area contributed by atoms with Crippen LogP contribution in [0, 0.1) is 0 Å². The molecule has 0 saturated heterocycles. The molecule has 0 bridgehead atoms. The van der Waals surface area contributed by atoms with Gasteiger partial charge in [-0.25, -0.2) is 0 Å². The van der Waals surface area contributed by atoms with Crippen molar-refractivity contribution in [3.8, 4) is 0 Å². The zero-order valence-corrected chi connectivity index (χ0v) is 8.57. The van der Waals surface area contributed by atoms with Gasteiger partial charge in [0, 0.05) is 0 Å². The largest absolute Gasteiger partial charge is 0.634 e. The third kappa shape index (κ3) is 3.38. The normalized spacial score (nSPS) is 12.5. The summed E-state index contributed by atoms with van der Waals surface area (Å²) in [6.07, 6.45) is 1.30. The first-order chi connectivity index (χ1) is 5.73. The van der Waals surface area contributed by atoms with Gasteiger partial charge in [-0.05, 0) is 27.7 Å². The Morgan fingerprint density at radius 2 is 1.62 bits per heavy atom. The third-order valence-corrected chi connectivity index (χ3v) is 2.23. The Morgan fingerprint density at radius 3 is 1.92 bits per heavy atom. The van der Waals surface area contributed by atoms with Crippen LogP contribution in [0.25, 0.3) is 0 Å². The standard InChI is InChI=1S/C8H17BO4/c1-6-12-7(2,3)8(4,5)13-9(10)11/h6,10-11H,1H2,2-5H3. The molecule has 0 aromatic heterocycles. The molecule has 2 N–H and O–H groups in total. The summed E-state index contributed by atoms with van der Waals surface area (Å²) in [5.41, 5.74) is -1.51. The minimum Gasteiger partial charge on any atom is -0.493 e. The Morgan fingerprint density at radius 1 is 1.15 bits per heavy atom. The molecule has 0 aromatic rings. The van der Waals surface area contributed by atoms with Crippen LogP contribution in [0.1, 0.15) is 27.7 Å². The Hall–Kier alpha value is -0.515. The van der Waals surface area contributed by atoms with Gasteiger partial charge in [0.15, 0.2) is 0 Å². The topological polar surface area (TPSA) is 58.9 Å². The molecular formula is C8H17BO4. The predicted octanol–water partition coefficient (Wildman–Crippen LogP) is 0.690. The SMILES string of the molecule is C=COC(C)(C)C(C)(C)OB(O)O. The molecule has 0 unspecified atom stereocenters. The van der Waals surface area contributed by atoms with E-state index in [4.69, 9.17) is 19.4 Å². The lowest BCUT2D eigenvalue weighted by Crippen LogP contribution is -2.51. The summed E-state index contributed by atoms with van der Waals surface area (Å²) in [5.74, 6) is 0. The van der Waals surface area contributed by atoms with Gasteiger partial charge in [0.1, 0.15) is 5.60 Å². The van der Waals surface area contributed by atoms with Gasteiger partial charge in [0.05, 0.1) is 11.9 Å². The van der Waals surface area contributed by atoms with E-state index in [0.717, 1.165) is 0 Å². The van der Waals surface area contributed by atoms with Crippen molar-refractivity contribution in [3.05, 3.63) is 12.8 Å². The van der Waals surface area contributed by atoms with Gasteiger partial charge in [-0.2, -0.15) is 0 Å². The van der Waals surface area contributed by atoms with E-state index in [1.54, 1.807) is 27.7 Å². The highest BCUT2D eigenvalue weighted by Gasteiger charge is 2.41. The smallest absolute Gasteiger partial charge is 0.493 e. The Kier molecular flexibility index (Phi) is 3.97. The van der Waals surface area contributed by atoms with Gasteiger partial charge in [0.25, 0.3) is 0 Å². The lowest BCUT2D eigenvalue weighted by atomic mass is 9.88. The van der Waals surface area contributed by atoms with Crippen molar-refractivity contribution in [2.24, 2.45) is 0 Å². The van der Waals surface area contributed by atoms with Gasteiger partial charge in [0.2, 0.25) is 0 Å². The lowest BCUT2D eigenvalue weighted by Gasteiger charge is -2.40. The highest BCUT2D eigenvalue weighted by molar-refractivity contribution is 6.32. The molecule has 0 atom stereocenters. The van der Waals surface area contributed by atoms with Gasteiger partial charge >= 0.3 is 7.32 Å². The zero-order valence-electron chi connectivity index (χ0n) is 8.57. The molecule has 13 heavy (non-hydrogen) atoms. The van der Waals surface area contributed by atoms with Crippen LogP contribution in [0.15, 0.2) is 12.8 Å². The first-order valence-electron chi connectivity index (χ1n) is 4.05. The molecule has 0 spiro atoms. The maximum Gasteiger partial charge on any atom is 0.634 e. The maximum absolute atomic E-state index is 8.67. The van der Waals surface area contributed by atoms with Gasteiger partial charge in [-0.3, -0.25) is 0 Å². The number of hydrogen-bond acceptors (Lipinski definition) is 4. The van der Waals surface area contributed by atoms with Crippen molar-refractivity contribution in [2.45, 2.75) is 38.9 Å². The van der Waals surface area contributed by atoms with Crippen LogP contribution in [-0.4, -0.2) is 28.6 Å². The fourth-order valence-corrected chi connectivity index (χ4v) is 0.756. The molecule has 4 nitrogen and oxygen atoms in total. The van der Waals surface area contributed by atoms with E-state index in [-0.39, 0.29) is 0 Å². The van der Waals surface area contributed by atoms with Crippen LogP contribution in [0.2, 0.25) is 0 Å². The highest BCUT2D eigenvalue weighted by atomic mass is 16.6.